The molecule has 3 rings (SSSR count). The van der Waals surface area contributed by atoms with Crippen molar-refractivity contribution in [3.63, 3.8) is 0 Å². The molecule has 2 heterocycles. The zero-order chi connectivity index (χ0) is 14.7. The Labute approximate surface area is 132 Å². The molecule has 4 nitrogen and oxygen atoms in total. The standard InChI is InChI=1S/C16H17BrN4/c1-2-6-14(12-7-4-3-5-8-12)20-16-15-13(17)11-19-21(15)10-9-18-16/h3-5,7-11,14H,2,6H2,1H3,(H,18,20). The Morgan fingerprint density at radius 2 is 2.10 bits per heavy atom. The average molecular weight is 345 g/mol. The zero-order valence-corrected chi connectivity index (χ0v) is 13.4. The van der Waals surface area contributed by atoms with Gasteiger partial charge in [0.15, 0.2) is 5.82 Å². The fourth-order valence-electron chi connectivity index (χ4n) is 2.47. The lowest BCUT2D eigenvalue weighted by Crippen LogP contribution is -2.12. The van der Waals surface area contributed by atoms with Crippen LogP contribution in [0.1, 0.15) is 31.4 Å². The molecule has 0 radical (unpaired) electrons. The first-order chi connectivity index (χ1) is 10.3. The SMILES string of the molecule is CCCC(Nc1nccn2ncc(Br)c12)c1ccccc1. The van der Waals surface area contributed by atoms with Crippen LogP contribution < -0.4 is 5.32 Å². The minimum absolute atomic E-state index is 0.247. The molecule has 0 aliphatic rings. The van der Waals surface area contributed by atoms with Crippen LogP contribution in [0, 0.1) is 0 Å². The third-order valence-corrected chi connectivity index (χ3v) is 4.06. The second kappa shape index (κ2) is 6.26. The van der Waals surface area contributed by atoms with Crippen molar-refractivity contribution < 1.29 is 0 Å². The lowest BCUT2D eigenvalue weighted by atomic mass is 10.0. The van der Waals surface area contributed by atoms with Gasteiger partial charge in [-0.15, -0.1) is 0 Å². The number of fused-ring (bicyclic) bond motifs is 1. The molecule has 0 bridgehead atoms. The molecule has 1 atom stereocenters. The molecule has 0 aliphatic carbocycles. The van der Waals surface area contributed by atoms with Gasteiger partial charge in [0.25, 0.3) is 0 Å². The predicted octanol–water partition coefficient (Wildman–Crippen LogP) is 4.45. The number of halogens is 1. The van der Waals surface area contributed by atoms with E-state index in [1.807, 2.05) is 16.8 Å². The van der Waals surface area contributed by atoms with E-state index in [0.717, 1.165) is 28.6 Å². The van der Waals surface area contributed by atoms with E-state index < -0.39 is 0 Å². The fourth-order valence-corrected chi connectivity index (χ4v) is 2.94. The van der Waals surface area contributed by atoms with Gasteiger partial charge >= 0.3 is 0 Å². The molecular formula is C16H17BrN4. The molecule has 1 unspecified atom stereocenters. The Morgan fingerprint density at radius 1 is 1.29 bits per heavy atom. The minimum Gasteiger partial charge on any atom is -0.361 e. The van der Waals surface area contributed by atoms with Gasteiger partial charge in [-0.2, -0.15) is 5.10 Å². The van der Waals surface area contributed by atoms with Crippen LogP contribution >= 0.6 is 15.9 Å². The Hall–Kier alpha value is -1.88. The molecule has 5 heteroatoms. The molecule has 0 aliphatic heterocycles. The summed E-state index contributed by atoms with van der Waals surface area (Å²) < 4.78 is 2.77. The van der Waals surface area contributed by atoms with Crippen molar-refractivity contribution in [1.82, 2.24) is 14.6 Å². The van der Waals surface area contributed by atoms with Gasteiger partial charge in [0.2, 0.25) is 0 Å². The first-order valence-corrected chi connectivity index (χ1v) is 7.88. The summed E-state index contributed by atoms with van der Waals surface area (Å²) in [6, 6.07) is 10.7. The van der Waals surface area contributed by atoms with E-state index in [-0.39, 0.29) is 6.04 Å². The molecule has 1 N–H and O–H groups in total. The average Bonchev–Trinajstić information content (AvgIpc) is 2.90. The Balaban J connectivity index is 1.96. The van der Waals surface area contributed by atoms with Crippen molar-refractivity contribution in [3.05, 3.63) is 59.0 Å². The van der Waals surface area contributed by atoms with E-state index in [1.54, 1.807) is 12.4 Å². The molecule has 3 aromatic rings. The molecule has 108 valence electrons. The highest BCUT2D eigenvalue weighted by Crippen LogP contribution is 2.28. The number of benzene rings is 1. The van der Waals surface area contributed by atoms with Crippen molar-refractivity contribution >= 4 is 27.3 Å². The maximum Gasteiger partial charge on any atom is 0.153 e. The van der Waals surface area contributed by atoms with Gasteiger partial charge in [0, 0.05) is 12.4 Å². The number of hydrogen-bond donors (Lipinski definition) is 1. The topological polar surface area (TPSA) is 42.2 Å². The Morgan fingerprint density at radius 3 is 2.86 bits per heavy atom. The third-order valence-electron chi connectivity index (χ3n) is 3.48. The Kier molecular flexibility index (Phi) is 4.20. The lowest BCUT2D eigenvalue weighted by Gasteiger charge is -2.19. The van der Waals surface area contributed by atoms with E-state index in [2.05, 4.69) is 62.5 Å². The predicted molar refractivity (Wildman–Crippen MR) is 88.4 cm³/mol. The summed E-state index contributed by atoms with van der Waals surface area (Å²) in [4.78, 5) is 4.49. The van der Waals surface area contributed by atoms with Crippen molar-refractivity contribution in [1.29, 1.82) is 0 Å². The van der Waals surface area contributed by atoms with Crippen LogP contribution in [0.4, 0.5) is 5.82 Å². The number of nitrogens with zero attached hydrogens (tertiary/aromatic N) is 3. The van der Waals surface area contributed by atoms with Crippen molar-refractivity contribution in [3.8, 4) is 0 Å². The van der Waals surface area contributed by atoms with E-state index in [9.17, 15) is 0 Å². The van der Waals surface area contributed by atoms with Crippen molar-refractivity contribution in [2.45, 2.75) is 25.8 Å². The number of hydrogen-bond acceptors (Lipinski definition) is 3. The number of rotatable bonds is 5. The third kappa shape index (κ3) is 2.93. The highest BCUT2D eigenvalue weighted by Gasteiger charge is 2.14. The summed E-state index contributed by atoms with van der Waals surface area (Å²) in [5, 5.41) is 7.86. The monoisotopic (exact) mass is 344 g/mol. The first kappa shape index (κ1) is 14.1. The molecule has 0 fully saturated rings. The largest absolute Gasteiger partial charge is 0.361 e. The Bertz CT molecular complexity index is 723. The van der Waals surface area contributed by atoms with Crippen LogP contribution in [0.2, 0.25) is 0 Å². The van der Waals surface area contributed by atoms with Crippen LogP contribution in [-0.2, 0) is 0 Å². The van der Waals surface area contributed by atoms with E-state index in [4.69, 9.17) is 0 Å². The summed E-state index contributed by atoms with van der Waals surface area (Å²) in [7, 11) is 0. The molecule has 0 saturated carbocycles. The smallest absolute Gasteiger partial charge is 0.153 e. The minimum atomic E-state index is 0.247. The number of aromatic nitrogens is 3. The van der Waals surface area contributed by atoms with E-state index in [0.29, 0.717) is 0 Å². The van der Waals surface area contributed by atoms with E-state index >= 15 is 0 Å². The van der Waals surface area contributed by atoms with Gasteiger partial charge in [-0.25, -0.2) is 9.50 Å². The molecule has 21 heavy (non-hydrogen) atoms. The second-order valence-corrected chi connectivity index (χ2v) is 5.81. The highest BCUT2D eigenvalue weighted by atomic mass is 79.9. The van der Waals surface area contributed by atoms with Crippen LogP contribution in [0.3, 0.4) is 0 Å². The van der Waals surface area contributed by atoms with Gasteiger partial charge in [-0.1, -0.05) is 43.7 Å². The summed E-state index contributed by atoms with van der Waals surface area (Å²) in [6.07, 6.45) is 7.57. The molecule has 1 aromatic carbocycles. The van der Waals surface area contributed by atoms with Crippen molar-refractivity contribution in [2.75, 3.05) is 5.32 Å². The molecular weight excluding hydrogens is 328 g/mol. The van der Waals surface area contributed by atoms with Gasteiger partial charge in [-0.05, 0) is 27.9 Å². The quantitative estimate of drug-likeness (QED) is 0.743. The van der Waals surface area contributed by atoms with Crippen LogP contribution in [0.5, 0.6) is 0 Å². The van der Waals surface area contributed by atoms with E-state index in [1.165, 1.54) is 5.56 Å². The highest BCUT2D eigenvalue weighted by molar-refractivity contribution is 9.10. The van der Waals surface area contributed by atoms with Crippen LogP contribution in [-0.4, -0.2) is 14.6 Å². The lowest BCUT2D eigenvalue weighted by molar-refractivity contribution is 0.674. The normalized spacial score (nSPS) is 12.5. The maximum absolute atomic E-state index is 4.49. The zero-order valence-electron chi connectivity index (χ0n) is 11.8. The van der Waals surface area contributed by atoms with Gasteiger partial charge in [0.05, 0.1) is 16.7 Å². The second-order valence-electron chi connectivity index (χ2n) is 4.96. The first-order valence-electron chi connectivity index (χ1n) is 7.09. The molecule has 0 spiro atoms. The molecule has 0 saturated heterocycles. The number of nitrogens with one attached hydrogen (secondary N) is 1. The molecule has 0 amide bonds. The summed E-state index contributed by atoms with van der Waals surface area (Å²) in [5.41, 5.74) is 2.24. The van der Waals surface area contributed by atoms with Crippen LogP contribution in [0.25, 0.3) is 5.52 Å². The maximum atomic E-state index is 4.49. The summed E-state index contributed by atoms with van der Waals surface area (Å²) in [5.74, 6) is 0.851. The van der Waals surface area contributed by atoms with Gasteiger partial charge in [0.1, 0.15) is 5.52 Å². The summed E-state index contributed by atoms with van der Waals surface area (Å²) >= 11 is 3.54. The van der Waals surface area contributed by atoms with Gasteiger partial charge < -0.3 is 5.32 Å². The number of anilines is 1. The fraction of sp³-hybridized carbons (Fsp3) is 0.250. The summed E-state index contributed by atoms with van der Waals surface area (Å²) in [6.45, 7) is 2.19. The van der Waals surface area contributed by atoms with Gasteiger partial charge in [-0.3, -0.25) is 0 Å². The molecule has 2 aromatic heterocycles. The van der Waals surface area contributed by atoms with Crippen molar-refractivity contribution in [2.24, 2.45) is 0 Å². The van der Waals surface area contributed by atoms with Crippen LogP contribution in [0.15, 0.2) is 53.4 Å².